The standard InChI is InChI=1S/C12H22OS/c1-3-14-12(9-10(2)13)11-7-5-4-6-8-11/h11-12H,3-9H2,1-2H3. The molecule has 0 bridgehead atoms. The van der Waals surface area contributed by atoms with Crippen molar-refractivity contribution in [3.05, 3.63) is 0 Å². The van der Waals surface area contributed by atoms with Crippen molar-refractivity contribution < 1.29 is 4.79 Å². The van der Waals surface area contributed by atoms with Crippen LogP contribution in [0.15, 0.2) is 0 Å². The molecule has 2 heteroatoms. The van der Waals surface area contributed by atoms with E-state index in [2.05, 4.69) is 6.92 Å². The minimum atomic E-state index is 0.363. The van der Waals surface area contributed by atoms with Gasteiger partial charge >= 0.3 is 0 Å². The third-order valence-corrected chi connectivity index (χ3v) is 4.36. The van der Waals surface area contributed by atoms with Crippen LogP contribution in [0.5, 0.6) is 0 Å². The zero-order valence-corrected chi connectivity index (χ0v) is 10.2. The second-order valence-corrected chi connectivity index (χ2v) is 5.81. The van der Waals surface area contributed by atoms with Crippen molar-refractivity contribution in [1.82, 2.24) is 0 Å². The highest BCUT2D eigenvalue weighted by Gasteiger charge is 2.24. The maximum Gasteiger partial charge on any atom is 0.130 e. The summed E-state index contributed by atoms with van der Waals surface area (Å²) in [6.07, 6.45) is 7.66. The lowest BCUT2D eigenvalue weighted by atomic mass is 9.85. The molecule has 0 radical (unpaired) electrons. The van der Waals surface area contributed by atoms with Crippen LogP contribution >= 0.6 is 11.8 Å². The molecule has 1 atom stereocenters. The van der Waals surface area contributed by atoms with Crippen molar-refractivity contribution >= 4 is 17.5 Å². The average molecular weight is 214 g/mol. The van der Waals surface area contributed by atoms with Crippen molar-refractivity contribution in [3.8, 4) is 0 Å². The van der Waals surface area contributed by atoms with E-state index in [9.17, 15) is 4.79 Å². The number of thioether (sulfide) groups is 1. The highest BCUT2D eigenvalue weighted by atomic mass is 32.2. The van der Waals surface area contributed by atoms with Crippen LogP contribution in [0.3, 0.4) is 0 Å². The van der Waals surface area contributed by atoms with Crippen molar-refractivity contribution in [2.24, 2.45) is 5.92 Å². The first-order valence-corrected chi connectivity index (χ1v) is 6.90. The summed E-state index contributed by atoms with van der Waals surface area (Å²) in [7, 11) is 0. The zero-order valence-electron chi connectivity index (χ0n) is 9.42. The van der Waals surface area contributed by atoms with Crippen molar-refractivity contribution in [2.45, 2.75) is 57.6 Å². The summed E-state index contributed by atoms with van der Waals surface area (Å²) in [5, 5.41) is 0.609. The van der Waals surface area contributed by atoms with E-state index in [-0.39, 0.29) is 0 Å². The fourth-order valence-corrected chi connectivity index (χ4v) is 3.69. The fourth-order valence-electron chi connectivity index (χ4n) is 2.37. The van der Waals surface area contributed by atoms with Crippen LogP contribution in [-0.4, -0.2) is 16.8 Å². The molecule has 0 heterocycles. The SMILES string of the molecule is CCSC(CC(C)=O)C1CCCCC1. The molecule has 0 aromatic rings. The van der Waals surface area contributed by atoms with Crippen molar-refractivity contribution in [1.29, 1.82) is 0 Å². The molecule has 0 amide bonds. The molecule has 0 spiro atoms. The van der Waals surface area contributed by atoms with Gasteiger partial charge in [-0.05, 0) is 31.4 Å². The van der Waals surface area contributed by atoms with Crippen LogP contribution < -0.4 is 0 Å². The number of Topliss-reactive ketones (excluding diaryl/α,β-unsaturated/α-hetero) is 1. The molecule has 0 N–H and O–H groups in total. The number of carbonyl (C=O) groups is 1. The lowest BCUT2D eigenvalue weighted by Crippen LogP contribution is -2.22. The first kappa shape index (κ1) is 12.1. The molecule has 1 aliphatic rings. The lowest BCUT2D eigenvalue weighted by Gasteiger charge is -2.29. The zero-order chi connectivity index (χ0) is 10.4. The molecule has 1 unspecified atom stereocenters. The summed E-state index contributed by atoms with van der Waals surface area (Å²) < 4.78 is 0. The van der Waals surface area contributed by atoms with Crippen LogP contribution in [0.4, 0.5) is 0 Å². The van der Waals surface area contributed by atoms with Gasteiger partial charge in [-0.2, -0.15) is 11.8 Å². The summed E-state index contributed by atoms with van der Waals surface area (Å²) in [5.74, 6) is 2.33. The largest absolute Gasteiger partial charge is 0.300 e. The minimum absolute atomic E-state index is 0.363. The van der Waals surface area contributed by atoms with Gasteiger partial charge in [0.15, 0.2) is 0 Å². The molecule has 0 aromatic carbocycles. The highest BCUT2D eigenvalue weighted by molar-refractivity contribution is 7.99. The Balaban J connectivity index is 2.42. The van der Waals surface area contributed by atoms with E-state index < -0.39 is 0 Å². The van der Waals surface area contributed by atoms with E-state index in [1.54, 1.807) is 6.92 Å². The molecule has 1 aliphatic carbocycles. The number of carbonyl (C=O) groups excluding carboxylic acids is 1. The van der Waals surface area contributed by atoms with E-state index in [1.165, 1.54) is 32.1 Å². The third-order valence-electron chi connectivity index (χ3n) is 3.04. The van der Waals surface area contributed by atoms with Gasteiger partial charge < -0.3 is 0 Å². The van der Waals surface area contributed by atoms with Crippen LogP contribution in [0.2, 0.25) is 0 Å². The maximum atomic E-state index is 11.2. The summed E-state index contributed by atoms with van der Waals surface area (Å²) in [6, 6.07) is 0. The fraction of sp³-hybridized carbons (Fsp3) is 0.917. The Labute approximate surface area is 92.0 Å². The lowest BCUT2D eigenvalue weighted by molar-refractivity contribution is -0.117. The molecule has 1 fully saturated rings. The summed E-state index contributed by atoms with van der Waals surface area (Å²) in [5.41, 5.74) is 0. The highest BCUT2D eigenvalue weighted by Crippen LogP contribution is 2.34. The average Bonchev–Trinajstić information content (AvgIpc) is 2.18. The predicted octanol–water partition coefficient (Wildman–Crippen LogP) is 3.67. The van der Waals surface area contributed by atoms with E-state index in [1.807, 2.05) is 11.8 Å². The number of rotatable bonds is 5. The monoisotopic (exact) mass is 214 g/mol. The molecule has 1 saturated carbocycles. The van der Waals surface area contributed by atoms with E-state index >= 15 is 0 Å². The molecular weight excluding hydrogens is 192 g/mol. The smallest absolute Gasteiger partial charge is 0.130 e. The Hall–Kier alpha value is 0.0200. The van der Waals surface area contributed by atoms with Crippen LogP contribution in [0, 0.1) is 5.92 Å². The van der Waals surface area contributed by atoms with Crippen LogP contribution in [0.1, 0.15) is 52.4 Å². The number of ketones is 1. The van der Waals surface area contributed by atoms with Gasteiger partial charge in [0.25, 0.3) is 0 Å². The number of hydrogen-bond donors (Lipinski definition) is 0. The van der Waals surface area contributed by atoms with Gasteiger partial charge in [0.05, 0.1) is 0 Å². The molecule has 0 aromatic heterocycles. The second-order valence-electron chi connectivity index (χ2n) is 4.30. The molecule has 0 saturated heterocycles. The summed E-state index contributed by atoms with van der Waals surface area (Å²) in [6.45, 7) is 3.92. The minimum Gasteiger partial charge on any atom is -0.300 e. The Morgan fingerprint density at radius 3 is 2.50 bits per heavy atom. The van der Waals surface area contributed by atoms with Crippen LogP contribution in [0.25, 0.3) is 0 Å². The molecule has 0 aliphatic heterocycles. The number of hydrogen-bond acceptors (Lipinski definition) is 2. The normalized spacial score (nSPS) is 20.7. The molecule has 1 rings (SSSR count). The predicted molar refractivity (Wildman–Crippen MR) is 63.8 cm³/mol. The van der Waals surface area contributed by atoms with E-state index in [0.29, 0.717) is 11.0 Å². The summed E-state index contributed by atoms with van der Waals surface area (Å²) in [4.78, 5) is 11.2. The summed E-state index contributed by atoms with van der Waals surface area (Å²) >= 11 is 1.99. The van der Waals surface area contributed by atoms with Crippen LogP contribution in [-0.2, 0) is 4.79 Å². The first-order chi connectivity index (χ1) is 6.74. The quantitative estimate of drug-likeness (QED) is 0.694. The first-order valence-electron chi connectivity index (χ1n) is 5.85. The maximum absolute atomic E-state index is 11.2. The van der Waals surface area contributed by atoms with Gasteiger partial charge in [-0.1, -0.05) is 26.2 Å². The van der Waals surface area contributed by atoms with E-state index in [4.69, 9.17) is 0 Å². The van der Waals surface area contributed by atoms with Gasteiger partial charge in [-0.3, -0.25) is 4.79 Å². The van der Waals surface area contributed by atoms with Crippen molar-refractivity contribution in [3.63, 3.8) is 0 Å². The topological polar surface area (TPSA) is 17.1 Å². The molecular formula is C12H22OS. The van der Waals surface area contributed by atoms with Gasteiger partial charge in [0.1, 0.15) is 5.78 Å². The van der Waals surface area contributed by atoms with Gasteiger partial charge in [0, 0.05) is 11.7 Å². The Morgan fingerprint density at radius 2 is 2.00 bits per heavy atom. The molecule has 14 heavy (non-hydrogen) atoms. The molecule has 82 valence electrons. The second kappa shape index (κ2) is 6.49. The van der Waals surface area contributed by atoms with Gasteiger partial charge in [0.2, 0.25) is 0 Å². The van der Waals surface area contributed by atoms with E-state index in [0.717, 1.165) is 18.1 Å². The Kier molecular flexibility index (Phi) is 5.61. The molecule has 1 nitrogen and oxygen atoms in total. The third kappa shape index (κ3) is 4.04. The Bertz CT molecular complexity index is 173. The van der Waals surface area contributed by atoms with Crippen molar-refractivity contribution in [2.75, 3.05) is 5.75 Å². The van der Waals surface area contributed by atoms with Gasteiger partial charge in [-0.15, -0.1) is 0 Å². The van der Waals surface area contributed by atoms with Gasteiger partial charge in [-0.25, -0.2) is 0 Å². The Morgan fingerprint density at radius 1 is 1.36 bits per heavy atom.